The van der Waals surface area contributed by atoms with Gasteiger partial charge >= 0.3 is 0 Å². The maximum Gasteiger partial charge on any atom is 0.262 e. The van der Waals surface area contributed by atoms with Crippen molar-refractivity contribution in [2.75, 3.05) is 17.3 Å². The second-order valence-electron chi connectivity index (χ2n) is 6.32. The minimum atomic E-state index is -0.401. The average Bonchev–Trinajstić information content (AvgIpc) is 2.97. The maximum absolute atomic E-state index is 13.1. The van der Waals surface area contributed by atoms with Crippen LogP contribution in [0.2, 0.25) is 0 Å². The summed E-state index contributed by atoms with van der Waals surface area (Å²) in [5.41, 5.74) is 4.10. The molecule has 1 atom stereocenters. The predicted octanol–water partition coefficient (Wildman–Crippen LogP) is 4.93. The second kappa shape index (κ2) is 7.04. The van der Waals surface area contributed by atoms with Gasteiger partial charge in [0.15, 0.2) is 6.17 Å². The van der Waals surface area contributed by atoms with Gasteiger partial charge in [-0.2, -0.15) is 0 Å². The lowest BCUT2D eigenvalue weighted by Gasteiger charge is -2.27. The fraction of sp³-hybridized carbons (Fsp3) is 0.143. The van der Waals surface area contributed by atoms with Crippen molar-refractivity contribution in [3.8, 4) is 5.75 Å². The molecule has 0 bridgehead atoms. The number of rotatable bonds is 4. The highest BCUT2D eigenvalue weighted by atomic mass is 79.9. The van der Waals surface area contributed by atoms with Crippen molar-refractivity contribution in [1.29, 1.82) is 0 Å². The third kappa shape index (κ3) is 3.17. The van der Waals surface area contributed by atoms with Crippen molar-refractivity contribution in [3.05, 3.63) is 82.1 Å². The average molecular weight is 424 g/mol. The molecule has 0 saturated heterocycles. The van der Waals surface area contributed by atoms with Gasteiger partial charge in [-0.05, 0) is 55.0 Å². The van der Waals surface area contributed by atoms with Gasteiger partial charge < -0.3 is 10.1 Å². The summed E-state index contributed by atoms with van der Waals surface area (Å²) in [6.07, 6.45) is 1.31. The largest absolute Gasteiger partial charge is 0.497 e. The third-order valence-electron chi connectivity index (χ3n) is 4.60. The van der Waals surface area contributed by atoms with E-state index < -0.39 is 6.17 Å². The van der Waals surface area contributed by atoms with Crippen LogP contribution in [-0.4, -0.2) is 18.0 Å². The molecule has 1 N–H and O–H groups in total. The highest BCUT2D eigenvalue weighted by Gasteiger charge is 2.39. The normalized spacial score (nSPS) is 15.6. The Labute approximate surface area is 166 Å². The number of ether oxygens (including phenoxy) is 1. The number of nitrogens with zero attached hydrogens (tertiary/aromatic N) is 2. The number of anilines is 2. The number of benzene rings is 2. The van der Waals surface area contributed by atoms with Crippen molar-refractivity contribution in [2.45, 2.75) is 13.1 Å². The van der Waals surface area contributed by atoms with Crippen LogP contribution in [0.15, 0.2) is 65.3 Å². The van der Waals surface area contributed by atoms with Gasteiger partial charge in [0.2, 0.25) is 0 Å². The zero-order valence-corrected chi connectivity index (χ0v) is 16.5. The Morgan fingerprint density at radius 2 is 2.00 bits per heavy atom. The lowest BCUT2D eigenvalue weighted by atomic mass is 10.2. The molecule has 2 heterocycles. The van der Waals surface area contributed by atoms with E-state index in [0.29, 0.717) is 17.0 Å². The standard InChI is InChI=1S/C21H18BrN3O2/c1-13-11-14(8-9-18(13)22)24-20-19-17(7-4-10-23-19)21(26)25(20)15-5-3-6-16(12-15)27-2/h3-12,20,24H,1-2H3. The molecule has 1 aliphatic rings. The number of halogens is 1. The van der Waals surface area contributed by atoms with Crippen LogP contribution >= 0.6 is 15.9 Å². The smallest absolute Gasteiger partial charge is 0.262 e. The molecule has 1 amide bonds. The van der Waals surface area contributed by atoms with E-state index in [1.54, 1.807) is 24.3 Å². The molecule has 3 aromatic rings. The van der Waals surface area contributed by atoms with Crippen molar-refractivity contribution < 1.29 is 9.53 Å². The van der Waals surface area contributed by atoms with Crippen LogP contribution in [0.25, 0.3) is 0 Å². The summed E-state index contributed by atoms with van der Waals surface area (Å²) in [4.78, 5) is 19.3. The lowest BCUT2D eigenvalue weighted by Crippen LogP contribution is -2.32. The molecule has 6 heteroatoms. The van der Waals surface area contributed by atoms with Crippen molar-refractivity contribution in [1.82, 2.24) is 4.98 Å². The molecule has 4 rings (SSSR count). The topological polar surface area (TPSA) is 54.5 Å². The maximum atomic E-state index is 13.1. The predicted molar refractivity (Wildman–Crippen MR) is 109 cm³/mol. The lowest BCUT2D eigenvalue weighted by molar-refractivity contribution is 0.0993. The number of aryl methyl sites for hydroxylation is 1. The van der Waals surface area contributed by atoms with Crippen LogP contribution in [-0.2, 0) is 0 Å². The fourth-order valence-corrected chi connectivity index (χ4v) is 3.48. The summed E-state index contributed by atoms with van der Waals surface area (Å²) in [7, 11) is 1.61. The second-order valence-corrected chi connectivity index (χ2v) is 7.18. The third-order valence-corrected chi connectivity index (χ3v) is 5.49. The number of hydrogen-bond donors (Lipinski definition) is 1. The van der Waals surface area contributed by atoms with Crippen molar-refractivity contribution >= 4 is 33.2 Å². The summed E-state index contributed by atoms with van der Waals surface area (Å²) in [6, 6.07) is 17.1. The number of methoxy groups -OCH3 is 1. The number of amides is 1. The first-order valence-electron chi connectivity index (χ1n) is 8.53. The SMILES string of the molecule is COc1cccc(N2C(=O)c3cccnc3C2Nc2ccc(Br)c(C)c2)c1. The summed E-state index contributed by atoms with van der Waals surface area (Å²) in [5.74, 6) is 0.611. The molecule has 1 unspecified atom stereocenters. The van der Waals surface area contributed by atoms with Gasteiger partial charge in [-0.1, -0.05) is 22.0 Å². The van der Waals surface area contributed by atoms with Gasteiger partial charge in [-0.3, -0.25) is 14.7 Å². The fourth-order valence-electron chi connectivity index (χ4n) is 3.24. The molecule has 0 saturated carbocycles. The quantitative estimate of drug-likeness (QED) is 0.645. The Balaban J connectivity index is 1.78. The highest BCUT2D eigenvalue weighted by Crippen LogP contribution is 2.38. The van der Waals surface area contributed by atoms with Crippen LogP contribution in [0.3, 0.4) is 0 Å². The highest BCUT2D eigenvalue weighted by molar-refractivity contribution is 9.10. The van der Waals surface area contributed by atoms with Gasteiger partial charge in [-0.15, -0.1) is 0 Å². The number of carbonyl (C=O) groups is 1. The Morgan fingerprint density at radius 1 is 1.15 bits per heavy atom. The van der Waals surface area contributed by atoms with E-state index in [9.17, 15) is 4.79 Å². The molecule has 0 spiro atoms. The van der Waals surface area contributed by atoms with Gasteiger partial charge in [0, 0.05) is 22.4 Å². The van der Waals surface area contributed by atoms with E-state index in [1.807, 2.05) is 55.5 Å². The van der Waals surface area contributed by atoms with Crippen LogP contribution in [0.5, 0.6) is 5.75 Å². The van der Waals surface area contributed by atoms with Gasteiger partial charge in [0.05, 0.1) is 24.1 Å². The molecule has 1 aromatic heterocycles. The van der Waals surface area contributed by atoms with Gasteiger partial charge in [-0.25, -0.2) is 0 Å². The molecule has 27 heavy (non-hydrogen) atoms. The first kappa shape index (κ1) is 17.5. The molecular formula is C21H18BrN3O2. The van der Waals surface area contributed by atoms with E-state index in [4.69, 9.17) is 4.74 Å². The van der Waals surface area contributed by atoms with Gasteiger partial charge in [0.25, 0.3) is 5.91 Å². The molecule has 2 aromatic carbocycles. The van der Waals surface area contributed by atoms with E-state index in [-0.39, 0.29) is 5.91 Å². The van der Waals surface area contributed by atoms with Crippen LogP contribution in [0.4, 0.5) is 11.4 Å². The molecule has 136 valence electrons. The zero-order valence-electron chi connectivity index (χ0n) is 14.9. The summed E-state index contributed by atoms with van der Waals surface area (Å²) in [6.45, 7) is 2.03. The van der Waals surface area contributed by atoms with E-state index in [1.165, 1.54) is 0 Å². The summed E-state index contributed by atoms with van der Waals surface area (Å²) < 4.78 is 6.37. The molecular weight excluding hydrogens is 406 g/mol. The summed E-state index contributed by atoms with van der Waals surface area (Å²) in [5, 5.41) is 3.46. The number of aromatic nitrogens is 1. The van der Waals surface area contributed by atoms with Crippen molar-refractivity contribution in [3.63, 3.8) is 0 Å². The van der Waals surface area contributed by atoms with Crippen LogP contribution < -0.4 is 15.0 Å². The van der Waals surface area contributed by atoms with Crippen LogP contribution in [0, 0.1) is 6.92 Å². The zero-order chi connectivity index (χ0) is 19.0. The summed E-state index contributed by atoms with van der Waals surface area (Å²) >= 11 is 3.52. The van der Waals surface area contributed by atoms with Crippen LogP contribution in [0.1, 0.15) is 27.8 Å². The molecule has 1 aliphatic heterocycles. The van der Waals surface area contributed by atoms with E-state index >= 15 is 0 Å². The molecule has 0 fully saturated rings. The first-order valence-corrected chi connectivity index (χ1v) is 9.33. The minimum Gasteiger partial charge on any atom is -0.497 e. The molecule has 0 radical (unpaired) electrons. The van der Waals surface area contributed by atoms with E-state index in [0.717, 1.165) is 21.4 Å². The van der Waals surface area contributed by atoms with Crippen molar-refractivity contribution in [2.24, 2.45) is 0 Å². The number of carbonyl (C=O) groups excluding carboxylic acids is 1. The number of pyridine rings is 1. The Kier molecular flexibility index (Phi) is 4.58. The number of nitrogens with one attached hydrogen (secondary N) is 1. The molecule has 0 aliphatic carbocycles. The number of fused-ring (bicyclic) bond motifs is 1. The first-order chi connectivity index (χ1) is 13.1. The monoisotopic (exact) mass is 423 g/mol. The minimum absolute atomic E-state index is 0.0855. The Hall–Kier alpha value is -2.86. The van der Waals surface area contributed by atoms with E-state index in [2.05, 4.69) is 26.2 Å². The Bertz CT molecular complexity index is 1020. The molecule has 5 nitrogen and oxygen atoms in total. The van der Waals surface area contributed by atoms with Gasteiger partial charge in [0.1, 0.15) is 5.75 Å². The number of hydrogen-bond acceptors (Lipinski definition) is 4. The Morgan fingerprint density at radius 3 is 2.78 bits per heavy atom.